The van der Waals surface area contributed by atoms with Gasteiger partial charge in [-0.05, 0) is 12.8 Å². The number of carbonyl (C=O) groups excluding carboxylic acids is 3. The maximum Gasteiger partial charge on any atom is 0.239 e. The van der Waals surface area contributed by atoms with Gasteiger partial charge in [-0.2, -0.15) is 0 Å². The molecule has 0 aromatic rings. The van der Waals surface area contributed by atoms with Crippen molar-refractivity contribution >= 4 is 17.7 Å². The number of carbonyl (C=O) groups is 3. The summed E-state index contributed by atoms with van der Waals surface area (Å²) in [5.74, 6) is -0.768. The molecule has 7 heteroatoms. The van der Waals surface area contributed by atoms with Crippen molar-refractivity contribution in [3.05, 3.63) is 0 Å². The molecule has 0 unspecified atom stereocenters. The Morgan fingerprint density at radius 1 is 0.944 bits per heavy atom. The maximum absolute atomic E-state index is 11.4. The Kier molecular flexibility index (Phi) is 7.69. The predicted molar refractivity (Wildman–Crippen MR) is 67.5 cm³/mol. The lowest BCUT2D eigenvalue weighted by Crippen LogP contribution is -2.45. The van der Waals surface area contributed by atoms with E-state index in [0.717, 1.165) is 0 Å². The van der Waals surface area contributed by atoms with Crippen molar-refractivity contribution in [2.24, 2.45) is 11.7 Å². The second-order valence-corrected chi connectivity index (χ2v) is 4.36. The minimum Gasteiger partial charge on any atom is -0.352 e. The Balaban J connectivity index is 3.78. The SMILES string of the molecule is CC(C)[C@H](C)NC(=O)CNC(=O)CNC(=O)CN. The number of rotatable bonds is 7. The molecule has 0 fully saturated rings. The van der Waals surface area contributed by atoms with Gasteiger partial charge in [-0.1, -0.05) is 13.8 Å². The van der Waals surface area contributed by atoms with Gasteiger partial charge in [0.15, 0.2) is 0 Å². The summed E-state index contributed by atoms with van der Waals surface area (Å²) in [6.07, 6.45) is 0. The molecule has 104 valence electrons. The molecule has 0 aromatic carbocycles. The van der Waals surface area contributed by atoms with Crippen LogP contribution in [0.2, 0.25) is 0 Å². The van der Waals surface area contributed by atoms with Crippen LogP contribution in [0.5, 0.6) is 0 Å². The van der Waals surface area contributed by atoms with Crippen LogP contribution in [0, 0.1) is 5.92 Å². The summed E-state index contributed by atoms with van der Waals surface area (Å²) in [6, 6.07) is 0.0475. The third-order valence-corrected chi connectivity index (χ3v) is 2.47. The minimum atomic E-state index is -0.427. The molecule has 0 saturated heterocycles. The van der Waals surface area contributed by atoms with Crippen LogP contribution in [-0.4, -0.2) is 43.4 Å². The smallest absolute Gasteiger partial charge is 0.239 e. The zero-order valence-corrected chi connectivity index (χ0v) is 11.1. The summed E-state index contributed by atoms with van der Waals surface area (Å²) < 4.78 is 0. The Morgan fingerprint density at radius 3 is 1.94 bits per heavy atom. The van der Waals surface area contributed by atoms with Gasteiger partial charge in [-0.3, -0.25) is 14.4 Å². The monoisotopic (exact) mass is 258 g/mol. The van der Waals surface area contributed by atoms with E-state index in [-0.39, 0.29) is 31.6 Å². The molecule has 3 amide bonds. The second kappa shape index (κ2) is 8.46. The zero-order valence-electron chi connectivity index (χ0n) is 11.1. The van der Waals surface area contributed by atoms with Gasteiger partial charge in [-0.25, -0.2) is 0 Å². The fourth-order valence-electron chi connectivity index (χ4n) is 0.964. The molecular formula is C11H22N4O3. The van der Waals surface area contributed by atoms with Gasteiger partial charge in [0.2, 0.25) is 17.7 Å². The lowest BCUT2D eigenvalue weighted by molar-refractivity contribution is -0.127. The van der Waals surface area contributed by atoms with E-state index < -0.39 is 11.8 Å². The standard InChI is InChI=1S/C11H22N4O3/c1-7(2)8(3)15-11(18)6-14-10(17)5-13-9(16)4-12/h7-8H,4-6,12H2,1-3H3,(H,13,16)(H,14,17)(H,15,18)/t8-/m0/s1. The Labute approximate surface area is 107 Å². The van der Waals surface area contributed by atoms with E-state index in [9.17, 15) is 14.4 Å². The highest BCUT2D eigenvalue weighted by Gasteiger charge is 2.11. The van der Waals surface area contributed by atoms with Crippen molar-refractivity contribution in [1.82, 2.24) is 16.0 Å². The predicted octanol–water partition coefficient (Wildman–Crippen LogP) is -1.66. The molecule has 0 rings (SSSR count). The topological polar surface area (TPSA) is 113 Å². The van der Waals surface area contributed by atoms with Crippen LogP contribution in [-0.2, 0) is 14.4 Å². The number of nitrogens with two attached hydrogens (primary N) is 1. The van der Waals surface area contributed by atoms with E-state index in [0.29, 0.717) is 5.92 Å². The second-order valence-electron chi connectivity index (χ2n) is 4.36. The van der Waals surface area contributed by atoms with Crippen molar-refractivity contribution in [3.63, 3.8) is 0 Å². The van der Waals surface area contributed by atoms with E-state index in [1.54, 1.807) is 0 Å². The molecule has 0 spiro atoms. The molecule has 0 aromatic heterocycles. The van der Waals surface area contributed by atoms with Crippen molar-refractivity contribution in [2.45, 2.75) is 26.8 Å². The average Bonchev–Trinajstić information content (AvgIpc) is 2.32. The van der Waals surface area contributed by atoms with E-state index in [2.05, 4.69) is 16.0 Å². The minimum absolute atomic E-state index is 0.0475. The highest BCUT2D eigenvalue weighted by atomic mass is 16.2. The first-order valence-corrected chi connectivity index (χ1v) is 5.89. The van der Waals surface area contributed by atoms with Crippen molar-refractivity contribution in [3.8, 4) is 0 Å². The molecule has 0 radical (unpaired) electrons. The van der Waals surface area contributed by atoms with Gasteiger partial charge in [-0.15, -0.1) is 0 Å². The van der Waals surface area contributed by atoms with Crippen LogP contribution in [0.25, 0.3) is 0 Å². The molecule has 0 saturated carbocycles. The van der Waals surface area contributed by atoms with Gasteiger partial charge in [0.1, 0.15) is 0 Å². The van der Waals surface area contributed by atoms with Crippen molar-refractivity contribution in [2.75, 3.05) is 19.6 Å². The van der Waals surface area contributed by atoms with Gasteiger partial charge in [0.25, 0.3) is 0 Å². The van der Waals surface area contributed by atoms with E-state index in [1.165, 1.54) is 0 Å². The molecule has 5 N–H and O–H groups in total. The van der Waals surface area contributed by atoms with Crippen LogP contribution in [0.1, 0.15) is 20.8 Å². The maximum atomic E-state index is 11.4. The molecule has 0 bridgehead atoms. The first-order chi connectivity index (χ1) is 8.36. The number of amides is 3. The van der Waals surface area contributed by atoms with Crippen molar-refractivity contribution < 1.29 is 14.4 Å². The molecule has 18 heavy (non-hydrogen) atoms. The summed E-state index contributed by atoms with van der Waals surface area (Å²) in [6.45, 7) is 5.43. The largest absolute Gasteiger partial charge is 0.352 e. The van der Waals surface area contributed by atoms with E-state index >= 15 is 0 Å². The summed E-state index contributed by atoms with van der Waals surface area (Å²) >= 11 is 0. The van der Waals surface area contributed by atoms with Crippen molar-refractivity contribution in [1.29, 1.82) is 0 Å². The molecule has 7 nitrogen and oxygen atoms in total. The number of hydrogen-bond acceptors (Lipinski definition) is 4. The first-order valence-electron chi connectivity index (χ1n) is 5.89. The average molecular weight is 258 g/mol. The Bertz CT molecular complexity index is 305. The third kappa shape index (κ3) is 7.61. The highest BCUT2D eigenvalue weighted by molar-refractivity contribution is 5.88. The fourth-order valence-corrected chi connectivity index (χ4v) is 0.964. The molecule has 1 atom stereocenters. The van der Waals surface area contributed by atoms with Gasteiger partial charge in [0.05, 0.1) is 19.6 Å². The molecule has 0 aliphatic rings. The zero-order chi connectivity index (χ0) is 14.1. The fraction of sp³-hybridized carbons (Fsp3) is 0.727. The van der Waals surface area contributed by atoms with Crippen LogP contribution in [0.3, 0.4) is 0 Å². The van der Waals surface area contributed by atoms with Crippen LogP contribution >= 0.6 is 0 Å². The Hall–Kier alpha value is -1.63. The number of nitrogens with one attached hydrogen (secondary N) is 3. The third-order valence-electron chi connectivity index (χ3n) is 2.47. The first kappa shape index (κ1) is 16.4. The highest BCUT2D eigenvalue weighted by Crippen LogP contribution is 1.98. The lowest BCUT2D eigenvalue weighted by Gasteiger charge is -2.17. The lowest BCUT2D eigenvalue weighted by atomic mass is 10.1. The quantitative estimate of drug-likeness (QED) is 0.437. The van der Waals surface area contributed by atoms with Crippen LogP contribution < -0.4 is 21.7 Å². The molecule has 0 aliphatic carbocycles. The summed E-state index contributed by atoms with van der Waals surface area (Å²) in [7, 11) is 0. The summed E-state index contributed by atoms with van der Waals surface area (Å²) in [5.41, 5.74) is 5.06. The molecule has 0 aliphatic heterocycles. The van der Waals surface area contributed by atoms with E-state index in [4.69, 9.17) is 5.73 Å². The normalized spacial score (nSPS) is 11.8. The van der Waals surface area contributed by atoms with Crippen LogP contribution in [0.4, 0.5) is 0 Å². The van der Waals surface area contributed by atoms with Gasteiger partial charge < -0.3 is 21.7 Å². The number of hydrogen-bond donors (Lipinski definition) is 4. The van der Waals surface area contributed by atoms with Gasteiger partial charge >= 0.3 is 0 Å². The van der Waals surface area contributed by atoms with Crippen LogP contribution in [0.15, 0.2) is 0 Å². The van der Waals surface area contributed by atoms with Gasteiger partial charge in [0, 0.05) is 6.04 Å². The summed E-state index contributed by atoms with van der Waals surface area (Å²) in [5, 5.41) is 7.46. The molecule has 0 heterocycles. The Morgan fingerprint density at radius 2 is 1.44 bits per heavy atom. The summed E-state index contributed by atoms with van der Waals surface area (Å²) in [4.78, 5) is 33.4. The van der Waals surface area contributed by atoms with E-state index in [1.807, 2.05) is 20.8 Å². The molecular weight excluding hydrogens is 236 g/mol.